The number of amides is 1. The molecular weight excluding hydrogens is 512 g/mol. The number of halogens is 1. The van der Waals surface area contributed by atoms with Crippen LogP contribution in [0, 0.1) is 6.92 Å². The number of ether oxygens (including phenoxy) is 2. The van der Waals surface area contributed by atoms with Crippen molar-refractivity contribution < 1.29 is 19.4 Å². The lowest BCUT2D eigenvalue weighted by molar-refractivity contribution is -0.130. The van der Waals surface area contributed by atoms with Gasteiger partial charge in [0.2, 0.25) is 6.10 Å². The van der Waals surface area contributed by atoms with E-state index in [0.717, 1.165) is 21.6 Å². The molecule has 1 aromatic heterocycles. The van der Waals surface area contributed by atoms with Crippen LogP contribution in [0.15, 0.2) is 78.4 Å². The molecule has 3 aromatic rings. The van der Waals surface area contributed by atoms with Gasteiger partial charge in [-0.15, -0.1) is 13.2 Å². The van der Waals surface area contributed by atoms with E-state index < -0.39 is 6.10 Å². The van der Waals surface area contributed by atoms with Crippen molar-refractivity contribution in [2.24, 2.45) is 0 Å². The molecule has 0 saturated heterocycles. The van der Waals surface area contributed by atoms with Gasteiger partial charge >= 0.3 is 0 Å². The zero-order chi connectivity index (χ0) is 25.2. The number of hydrogen-bond acceptors (Lipinski definition) is 6. The Morgan fingerprint density at radius 1 is 1.17 bits per heavy atom. The molecule has 3 N–H and O–H groups in total. The van der Waals surface area contributed by atoms with Crippen molar-refractivity contribution in [2.75, 3.05) is 19.7 Å². The number of benzene rings is 2. The number of rotatable bonds is 8. The number of nitrogens with zero attached hydrogens (tertiary/aromatic N) is 2. The number of fused-ring (bicyclic) bond motifs is 1. The van der Waals surface area contributed by atoms with Crippen molar-refractivity contribution in [2.45, 2.75) is 19.4 Å². The fraction of sp³-hybridized carbons (Fsp3) is 0.231. The molecule has 35 heavy (non-hydrogen) atoms. The average Bonchev–Trinajstić information content (AvgIpc) is 3.23. The summed E-state index contributed by atoms with van der Waals surface area (Å²) in [6.45, 7) is 8.98. The largest absolute Gasteiger partial charge is 0.508 e. The topological polar surface area (TPSA) is 97.6 Å². The molecule has 0 radical (unpaired) electrons. The molecule has 8 nitrogen and oxygen atoms in total. The number of aromatic hydroxyl groups is 1. The average molecular weight is 541 g/mol. The van der Waals surface area contributed by atoms with E-state index in [1.165, 1.54) is 0 Å². The van der Waals surface area contributed by atoms with Crippen LogP contribution >= 0.6 is 15.9 Å². The van der Waals surface area contributed by atoms with E-state index in [1.807, 2.05) is 43.3 Å². The summed E-state index contributed by atoms with van der Waals surface area (Å²) in [6, 6.07) is 14.5. The van der Waals surface area contributed by atoms with E-state index in [1.54, 1.807) is 29.1 Å². The van der Waals surface area contributed by atoms with Crippen LogP contribution in [-0.4, -0.2) is 46.6 Å². The molecular formula is C26H29BrN4O4. The molecule has 1 aliphatic heterocycles. The second kappa shape index (κ2) is 12.7. The minimum absolute atomic E-state index is 0.169. The minimum atomic E-state index is -0.694. The van der Waals surface area contributed by atoms with E-state index in [4.69, 9.17) is 9.47 Å². The van der Waals surface area contributed by atoms with Crippen LogP contribution in [0.1, 0.15) is 11.3 Å². The van der Waals surface area contributed by atoms with Crippen LogP contribution in [0.5, 0.6) is 17.2 Å². The maximum atomic E-state index is 12.5. The highest BCUT2D eigenvalue weighted by Crippen LogP contribution is 2.30. The van der Waals surface area contributed by atoms with E-state index in [2.05, 4.69) is 44.8 Å². The van der Waals surface area contributed by atoms with Crippen molar-refractivity contribution in [3.05, 3.63) is 89.7 Å². The standard InChI is InChI=1S/C24H25BrN4O4.C2H4/c1-16-18(25)14-28-29(16)23(11-10-17-6-2-3-7-19(17)30)26-12-13-27-24(31)22-15-32-20-8-4-5-9-21(20)33-22;1-2/h2-9,11,14,22,26,30H,10,12-13,15H2,1H3,(H,27,31);1-2H2/b23-11-;. The predicted molar refractivity (Wildman–Crippen MR) is 139 cm³/mol. The van der Waals surface area contributed by atoms with Gasteiger partial charge < -0.3 is 25.2 Å². The molecule has 184 valence electrons. The van der Waals surface area contributed by atoms with Crippen LogP contribution in [-0.2, 0) is 11.2 Å². The first-order valence-electron chi connectivity index (χ1n) is 11.1. The van der Waals surface area contributed by atoms with Crippen LogP contribution in [0.25, 0.3) is 5.82 Å². The van der Waals surface area contributed by atoms with Gasteiger partial charge in [0.25, 0.3) is 5.91 Å². The van der Waals surface area contributed by atoms with Crippen molar-refractivity contribution in [1.29, 1.82) is 0 Å². The lowest BCUT2D eigenvalue weighted by Gasteiger charge is -2.25. The number of carbonyl (C=O) groups excluding carboxylic acids is 1. The second-order valence-electron chi connectivity index (χ2n) is 7.49. The first-order valence-corrected chi connectivity index (χ1v) is 11.9. The van der Waals surface area contributed by atoms with E-state index in [-0.39, 0.29) is 18.3 Å². The molecule has 0 bridgehead atoms. The second-order valence-corrected chi connectivity index (χ2v) is 8.35. The Hall–Kier alpha value is -3.72. The predicted octanol–water partition coefficient (Wildman–Crippen LogP) is 4.05. The molecule has 4 rings (SSSR count). The Balaban J connectivity index is 0.00000167. The molecule has 0 spiro atoms. The third-order valence-corrected chi connectivity index (χ3v) is 5.99. The third-order valence-electron chi connectivity index (χ3n) is 5.22. The third kappa shape index (κ3) is 6.66. The number of nitrogens with one attached hydrogen (secondary N) is 2. The summed E-state index contributed by atoms with van der Waals surface area (Å²) < 4.78 is 14.0. The Kier molecular flexibility index (Phi) is 9.37. The van der Waals surface area contributed by atoms with Gasteiger partial charge in [0.1, 0.15) is 18.2 Å². The number of phenolic OH excluding ortho intramolecular Hbond substituents is 1. The number of carbonyl (C=O) groups is 1. The quantitative estimate of drug-likeness (QED) is 0.294. The lowest BCUT2D eigenvalue weighted by atomic mass is 10.1. The summed E-state index contributed by atoms with van der Waals surface area (Å²) >= 11 is 3.49. The molecule has 1 amide bonds. The molecule has 0 saturated carbocycles. The minimum Gasteiger partial charge on any atom is -0.508 e. The smallest absolute Gasteiger partial charge is 0.264 e. The van der Waals surface area contributed by atoms with E-state index in [9.17, 15) is 9.90 Å². The summed E-state index contributed by atoms with van der Waals surface area (Å²) in [5.41, 5.74) is 1.74. The monoisotopic (exact) mass is 540 g/mol. The van der Waals surface area contributed by atoms with Crippen molar-refractivity contribution in [3.63, 3.8) is 0 Å². The van der Waals surface area contributed by atoms with Crippen molar-refractivity contribution in [3.8, 4) is 17.2 Å². The Morgan fingerprint density at radius 2 is 1.86 bits per heavy atom. The Labute approximate surface area is 213 Å². The van der Waals surface area contributed by atoms with Gasteiger partial charge in [0.15, 0.2) is 11.5 Å². The number of phenols is 1. The molecule has 0 aliphatic carbocycles. The number of para-hydroxylation sites is 3. The molecule has 9 heteroatoms. The zero-order valence-electron chi connectivity index (χ0n) is 19.5. The van der Waals surface area contributed by atoms with Crippen LogP contribution in [0.2, 0.25) is 0 Å². The van der Waals surface area contributed by atoms with Gasteiger partial charge in [-0.1, -0.05) is 30.3 Å². The molecule has 0 fully saturated rings. The first-order chi connectivity index (χ1) is 17.0. The maximum Gasteiger partial charge on any atom is 0.264 e. The highest BCUT2D eigenvalue weighted by molar-refractivity contribution is 9.10. The molecule has 2 heterocycles. The van der Waals surface area contributed by atoms with Crippen molar-refractivity contribution in [1.82, 2.24) is 20.4 Å². The lowest BCUT2D eigenvalue weighted by Crippen LogP contribution is -2.45. The van der Waals surface area contributed by atoms with Crippen LogP contribution in [0.3, 0.4) is 0 Å². The number of aromatic nitrogens is 2. The van der Waals surface area contributed by atoms with E-state index >= 15 is 0 Å². The fourth-order valence-electron chi connectivity index (χ4n) is 3.39. The van der Waals surface area contributed by atoms with Gasteiger partial charge in [-0.3, -0.25) is 4.79 Å². The van der Waals surface area contributed by atoms with Crippen LogP contribution < -0.4 is 20.1 Å². The Morgan fingerprint density at radius 3 is 2.57 bits per heavy atom. The highest BCUT2D eigenvalue weighted by atomic mass is 79.9. The summed E-state index contributed by atoms with van der Waals surface area (Å²) in [7, 11) is 0. The number of allylic oxidation sites excluding steroid dienone is 1. The van der Waals surface area contributed by atoms with Gasteiger partial charge in [0.05, 0.1) is 16.4 Å². The van der Waals surface area contributed by atoms with Gasteiger partial charge in [-0.05, 0) is 59.1 Å². The molecule has 1 unspecified atom stereocenters. The highest BCUT2D eigenvalue weighted by Gasteiger charge is 2.26. The van der Waals surface area contributed by atoms with E-state index in [0.29, 0.717) is 31.0 Å². The van der Waals surface area contributed by atoms with Crippen molar-refractivity contribution >= 4 is 27.7 Å². The Bertz CT molecular complexity index is 1180. The summed E-state index contributed by atoms with van der Waals surface area (Å²) in [5, 5.41) is 20.7. The van der Waals surface area contributed by atoms with Gasteiger partial charge in [-0.2, -0.15) is 5.10 Å². The zero-order valence-corrected chi connectivity index (χ0v) is 21.1. The summed E-state index contributed by atoms with van der Waals surface area (Å²) in [6.07, 6.45) is 3.51. The summed E-state index contributed by atoms with van der Waals surface area (Å²) in [5.74, 6) is 1.97. The van der Waals surface area contributed by atoms with Gasteiger partial charge in [0, 0.05) is 13.1 Å². The number of hydrogen-bond donors (Lipinski definition) is 3. The molecule has 2 aromatic carbocycles. The first kappa shape index (κ1) is 25.9. The fourth-order valence-corrected chi connectivity index (χ4v) is 3.65. The van der Waals surface area contributed by atoms with Gasteiger partial charge in [-0.25, -0.2) is 4.68 Å². The normalized spacial score (nSPS) is 14.5. The maximum absolute atomic E-state index is 12.5. The van der Waals surface area contributed by atoms with Crippen LogP contribution in [0.4, 0.5) is 0 Å². The SMILES string of the molecule is C=C.Cc1c(Br)cnn1/C(=C\Cc1ccccc1O)NCCNC(=O)C1COc2ccccc2O1. The molecule has 1 aliphatic rings. The summed E-state index contributed by atoms with van der Waals surface area (Å²) in [4.78, 5) is 12.5. The molecule has 1 atom stereocenters.